The fourth-order valence-corrected chi connectivity index (χ4v) is 5.07. The number of ether oxygens (including phenoxy) is 2. The van der Waals surface area contributed by atoms with Crippen LogP contribution in [0.2, 0.25) is 0 Å². The Morgan fingerprint density at radius 2 is 1.80 bits per heavy atom. The molecule has 2 rings (SSSR count). The zero-order chi connectivity index (χ0) is 26.0. The average molecular weight is 517 g/mol. The minimum Gasteiger partial charge on any atom is -0.507 e. The second-order valence-electron chi connectivity index (χ2n) is 8.67. The zero-order valence-corrected chi connectivity index (χ0v) is 22.9. The number of Topliss-reactive ketones (excluding diaryl/α,β-unsaturated/α-hetero) is 1. The smallest absolute Gasteiger partial charge is 0.309 e. The van der Waals surface area contributed by atoms with Gasteiger partial charge in [0.25, 0.3) is 0 Å². The fourth-order valence-electron chi connectivity index (χ4n) is 3.96. The number of methoxy groups -OCH3 is 1. The molecule has 2 aromatic carbocycles. The van der Waals surface area contributed by atoms with Gasteiger partial charge in [-0.3, -0.25) is 9.59 Å². The van der Waals surface area contributed by atoms with Gasteiger partial charge in [-0.25, -0.2) is 0 Å². The van der Waals surface area contributed by atoms with Crippen LogP contribution >= 0.6 is 24.0 Å². The van der Waals surface area contributed by atoms with E-state index in [0.29, 0.717) is 36.3 Å². The number of thioether (sulfide) groups is 1. The Hall–Kier alpha value is -2.38. The number of ketones is 1. The number of benzene rings is 2. The predicted molar refractivity (Wildman–Crippen MR) is 146 cm³/mol. The number of thiocarbonyl (C=S) groups is 1. The topological polar surface area (TPSA) is 72.8 Å². The van der Waals surface area contributed by atoms with Crippen LogP contribution in [0.1, 0.15) is 62.0 Å². The molecule has 0 aliphatic rings. The summed E-state index contributed by atoms with van der Waals surface area (Å²) < 4.78 is 10.8. The summed E-state index contributed by atoms with van der Waals surface area (Å²) in [6.07, 6.45) is 3.06. The summed E-state index contributed by atoms with van der Waals surface area (Å²) in [6, 6.07) is 11.8. The molecule has 0 saturated heterocycles. The quantitative estimate of drug-likeness (QED) is 0.101. The lowest BCUT2D eigenvalue weighted by Gasteiger charge is -2.21. The molecule has 190 valence electrons. The van der Waals surface area contributed by atoms with E-state index in [1.165, 1.54) is 18.9 Å². The van der Waals surface area contributed by atoms with Crippen molar-refractivity contribution in [1.29, 1.82) is 0 Å². The summed E-state index contributed by atoms with van der Waals surface area (Å²) in [7, 11) is 1.41. The highest BCUT2D eigenvalue weighted by Gasteiger charge is 2.26. The van der Waals surface area contributed by atoms with Crippen LogP contribution in [0.3, 0.4) is 0 Å². The van der Waals surface area contributed by atoms with Gasteiger partial charge >= 0.3 is 5.97 Å². The molecule has 0 radical (unpaired) electrons. The van der Waals surface area contributed by atoms with Crippen LogP contribution in [-0.2, 0) is 22.4 Å². The number of rotatable bonds is 14. The lowest BCUT2D eigenvalue weighted by Crippen LogP contribution is -2.28. The van der Waals surface area contributed by atoms with Crippen LogP contribution in [0.5, 0.6) is 11.5 Å². The van der Waals surface area contributed by atoms with Gasteiger partial charge in [0.1, 0.15) is 11.5 Å². The van der Waals surface area contributed by atoms with Crippen LogP contribution in [0.15, 0.2) is 41.3 Å². The Morgan fingerprint density at radius 1 is 1.11 bits per heavy atom. The SMILES string of the molecule is CCCc1c(OCCCSc2ccc(CC(C(C)=S)C(C)C(=O)OC)cc2)ccc(C(C)=O)c1O. The molecule has 2 atom stereocenters. The average Bonchev–Trinajstić information content (AvgIpc) is 2.83. The molecule has 0 bridgehead atoms. The maximum atomic E-state index is 12.0. The number of phenols is 1. The normalized spacial score (nSPS) is 12.6. The van der Waals surface area contributed by atoms with E-state index in [4.69, 9.17) is 21.7 Å². The first-order valence-electron chi connectivity index (χ1n) is 12.0. The molecular weight excluding hydrogens is 480 g/mol. The Morgan fingerprint density at radius 3 is 2.37 bits per heavy atom. The third-order valence-corrected chi connectivity index (χ3v) is 7.41. The van der Waals surface area contributed by atoms with Crippen molar-refractivity contribution in [2.24, 2.45) is 11.8 Å². The van der Waals surface area contributed by atoms with E-state index in [-0.39, 0.29) is 29.3 Å². The minimum absolute atomic E-state index is 0.0327. The highest BCUT2D eigenvalue weighted by atomic mass is 32.2. The molecule has 1 N–H and O–H groups in total. The van der Waals surface area contributed by atoms with Crippen LogP contribution in [-0.4, -0.2) is 41.2 Å². The van der Waals surface area contributed by atoms with Crippen LogP contribution in [0.4, 0.5) is 0 Å². The maximum absolute atomic E-state index is 12.0. The van der Waals surface area contributed by atoms with Gasteiger partial charge in [-0.2, -0.15) is 0 Å². The first kappa shape index (κ1) is 28.9. The van der Waals surface area contributed by atoms with Crippen molar-refractivity contribution in [1.82, 2.24) is 0 Å². The number of phenolic OH excluding ortho intramolecular Hbond substituents is 1. The van der Waals surface area contributed by atoms with Crippen molar-refractivity contribution >= 4 is 40.6 Å². The molecule has 0 aliphatic carbocycles. The van der Waals surface area contributed by atoms with E-state index in [1.807, 2.05) is 20.8 Å². The number of aromatic hydroxyl groups is 1. The Bertz CT molecular complexity index is 1020. The number of hydrogen-bond donors (Lipinski definition) is 1. The first-order valence-corrected chi connectivity index (χ1v) is 13.4. The van der Waals surface area contributed by atoms with Gasteiger partial charge in [0.2, 0.25) is 0 Å². The maximum Gasteiger partial charge on any atom is 0.309 e. The van der Waals surface area contributed by atoms with Crippen LogP contribution in [0.25, 0.3) is 0 Å². The number of hydrogen-bond acceptors (Lipinski definition) is 7. The van der Waals surface area contributed by atoms with E-state index in [0.717, 1.165) is 29.0 Å². The van der Waals surface area contributed by atoms with E-state index in [9.17, 15) is 14.7 Å². The van der Waals surface area contributed by atoms with Crippen molar-refractivity contribution < 1.29 is 24.2 Å². The van der Waals surface area contributed by atoms with Gasteiger partial charge in [-0.15, -0.1) is 11.8 Å². The van der Waals surface area contributed by atoms with E-state index in [1.54, 1.807) is 23.9 Å². The Labute approximate surface area is 218 Å². The molecule has 5 nitrogen and oxygen atoms in total. The van der Waals surface area contributed by atoms with Crippen molar-refractivity contribution in [3.63, 3.8) is 0 Å². The second kappa shape index (κ2) is 14.2. The monoisotopic (exact) mass is 516 g/mol. The standard InChI is InChI=1S/C28H36O5S2/c1-6-8-24-26(14-13-23(19(3)29)27(24)30)33-15-7-16-35-22-11-9-21(10-12-22)17-25(20(4)34)18(2)28(31)32-5/h9-14,18,25,30H,6-8,15-17H2,1-5H3. The van der Waals surface area contributed by atoms with Gasteiger partial charge in [-0.05, 0) is 67.8 Å². The Balaban J connectivity index is 1.87. The van der Waals surface area contributed by atoms with E-state index >= 15 is 0 Å². The van der Waals surface area contributed by atoms with Gasteiger partial charge in [-0.1, -0.05) is 44.6 Å². The number of carbonyl (C=O) groups excluding carboxylic acids is 2. The lowest BCUT2D eigenvalue weighted by atomic mass is 9.86. The third-order valence-electron chi connectivity index (χ3n) is 6.01. The second-order valence-corrected chi connectivity index (χ2v) is 10.5. The molecule has 0 aliphatic heterocycles. The molecule has 0 amide bonds. The van der Waals surface area contributed by atoms with Gasteiger partial charge < -0.3 is 14.6 Å². The largest absolute Gasteiger partial charge is 0.507 e. The van der Waals surface area contributed by atoms with Crippen molar-refractivity contribution in [3.05, 3.63) is 53.1 Å². The van der Waals surface area contributed by atoms with Gasteiger partial charge in [0.15, 0.2) is 5.78 Å². The summed E-state index contributed by atoms with van der Waals surface area (Å²) >= 11 is 7.15. The lowest BCUT2D eigenvalue weighted by molar-refractivity contribution is -0.145. The molecule has 2 aromatic rings. The fraction of sp³-hybridized carbons (Fsp3) is 0.464. The molecule has 0 heterocycles. The summed E-state index contributed by atoms with van der Waals surface area (Å²) in [5, 5.41) is 10.5. The highest BCUT2D eigenvalue weighted by molar-refractivity contribution is 7.99. The van der Waals surface area contributed by atoms with Crippen LogP contribution < -0.4 is 4.74 Å². The molecular formula is C28H36O5S2. The molecule has 7 heteroatoms. The summed E-state index contributed by atoms with van der Waals surface area (Å²) in [5.74, 6) is 0.882. The van der Waals surface area contributed by atoms with E-state index < -0.39 is 0 Å². The highest BCUT2D eigenvalue weighted by Crippen LogP contribution is 2.33. The summed E-state index contributed by atoms with van der Waals surface area (Å²) in [5.41, 5.74) is 2.18. The van der Waals surface area contributed by atoms with Gasteiger partial charge in [0.05, 0.1) is 25.2 Å². The van der Waals surface area contributed by atoms with Crippen molar-refractivity contribution in [2.75, 3.05) is 19.5 Å². The molecule has 0 fully saturated rings. The van der Waals surface area contributed by atoms with Crippen molar-refractivity contribution in [2.45, 2.75) is 58.3 Å². The summed E-state index contributed by atoms with van der Waals surface area (Å²) in [6.45, 7) is 7.76. The molecule has 2 unspecified atom stereocenters. The molecule has 0 spiro atoms. The first-order chi connectivity index (χ1) is 16.7. The van der Waals surface area contributed by atoms with Crippen molar-refractivity contribution in [3.8, 4) is 11.5 Å². The number of carbonyl (C=O) groups is 2. The molecule has 35 heavy (non-hydrogen) atoms. The van der Waals surface area contributed by atoms with E-state index in [2.05, 4.69) is 24.3 Å². The minimum atomic E-state index is -0.273. The summed E-state index contributed by atoms with van der Waals surface area (Å²) in [4.78, 5) is 25.6. The Kier molecular flexibility index (Phi) is 11.7. The predicted octanol–water partition coefficient (Wildman–Crippen LogP) is 6.47. The van der Waals surface area contributed by atoms with Gasteiger partial charge in [0, 0.05) is 22.1 Å². The third kappa shape index (κ3) is 8.36. The van der Waals surface area contributed by atoms with Crippen LogP contribution in [0, 0.1) is 11.8 Å². The molecule has 0 aromatic heterocycles. The number of esters is 1. The zero-order valence-electron chi connectivity index (χ0n) is 21.3. The molecule has 0 saturated carbocycles.